The molecule has 2 aliphatic rings. The number of halogens is 1. The summed E-state index contributed by atoms with van der Waals surface area (Å²) in [5, 5.41) is 4.15. The molecule has 4 aromatic carbocycles. The van der Waals surface area contributed by atoms with Gasteiger partial charge in [0.05, 0.1) is 0 Å². The third kappa shape index (κ3) is 3.67. The summed E-state index contributed by atoms with van der Waals surface area (Å²) in [6, 6.07) is 21.8. The standard InChI is InChI=1S/C19H17F.C11H8O/c1-12-6-7-14-9-10-16-15-5-3-2-4-13(15)8-11-17(16)18(14)19(12)20;12-8-9-5-6-10-3-1-2-4-11(10)7-9/h3,5-7,9-10H,2,4,8,11H2,1H3;1-8H. The molecule has 158 valence electrons. The van der Waals surface area contributed by atoms with Crippen molar-refractivity contribution in [2.75, 3.05) is 0 Å². The summed E-state index contributed by atoms with van der Waals surface area (Å²) in [5.74, 6) is -0.0387. The number of aryl methyl sites for hydroxylation is 2. The maximum atomic E-state index is 14.6. The summed E-state index contributed by atoms with van der Waals surface area (Å²) in [7, 11) is 0. The number of benzene rings is 4. The van der Waals surface area contributed by atoms with Gasteiger partial charge in [0.15, 0.2) is 0 Å². The molecule has 0 saturated heterocycles. The van der Waals surface area contributed by atoms with E-state index in [9.17, 15) is 9.18 Å². The van der Waals surface area contributed by atoms with Crippen molar-refractivity contribution < 1.29 is 9.18 Å². The third-order valence-electron chi connectivity index (χ3n) is 6.58. The van der Waals surface area contributed by atoms with Crippen LogP contribution in [0.15, 0.2) is 84.5 Å². The first-order valence-corrected chi connectivity index (χ1v) is 11.2. The number of hydrogen-bond donors (Lipinski definition) is 0. The zero-order valence-electron chi connectivity index (χ0n) is 18.2. The molecule has 4 aromatic rings. The van der Waals surface area contributed by atoms with Gasteiger partial charge < -0.3 is 0 Å². The van der Waals surface area contributed by atoms with Crippen molar-refractivity contribution in [3.8, 4) is 0 Å². The van der Waals surface area contributed by atoms with E-state index in [1.807, 2.05) is 61.5 Å². The van der Waals surface area contributed by atoms with Gasteiger partial charge in [0, 0.05) is 10.9 Å². The molecule has 0 aromatic heterocycles. The monoisotopic (exact) mass is 420 g/mol. The number of aldehydes is 1. The minimum absolute atomic E-state index is 0.0387. The fourth-order valence-corrected chi connectivity index (χ4v) is 4.87. The maximum Gasteiger partial charge on any atom is 0.150 e. The lowest BCUT2D eigenvalue weighted by molar-refractivity contribution is 0.112. The molecule has 0 spiro atoms. The summed E-state index contributed by atoms with van der Waals surface area (Å²) in [6.07, 6.45) is 9.71. The highest BCUT2D eigenvalue weighted by Gasteiger charge is 2.22. The Morgan fingerprint density at radius 1 is 0.844 bits per heavy atom. The zero-order valence-corrected chi connectivity index (χ0v) is 18.2. The van der Waals surface area contributed by atoms with Crippen molar-refractivity contribution in [3.63, 3.8) is 0 Å². The summed E-state index contributed by atoms with van der Waals surface area (Å²) >= 11 is 0. The molecule has 0 heterocycles. The SMILES string of the molecule is Cc1ccc2ccc3c(c2c1F)CCC1=C3C=CCC1.O=Cc1ccc2ccccc2c1. The Morgan fingerprint density at radius 3 is 2.47 bits per heavy atom. The lowest BCUT2D eigenvalue weighted by Gasteiger charge is -2.25. The van der Waals surface area contributed by atoms with Gasteiger partial charge in [-0.25, -0.2) is 4.39 Å². The molecule has 0 radical (unpaired) electrons. The van der Waals surface area contributed by atoms with Crippen LogP contribution in [0.2, 0.25) is 0 Å². The largest absolute Gasteiger partial charge is 0.298 e. The van der Waals surface area contributed by atoms with Gasteiger partial charge >= 0.3 is 0 Å². The van der Waals surface area contributed by atoms with Crippen molar-refractivity contribution in [2.24, 2.45) is 0 Å². The van der Waals surface area contributed by atoms with Gasteiger partial charge in [0.1, 0.15) is 12.1 Å². The Kier molecular flexibility index (Phi) is 5.45. The van der Waals surface area contributed by atoms with E-state index < -0.39 is 0 Å². The fraction of sp³-hybridized carbons (Fsp3) is 0.167. The predicted molar refractivity (Wildman–Crippen MR) is 132 cm³/mol. The minimum atomic E-state index is -0.0387. The smallest absolute Gasteiger partial charge is 0.150 e. The summed E-state index contributed by atoms with van der Waals surface area (Å²) < 4.78 is 14.6. The number of carbonyl (C=O) groups is 1. The lowest BCUT2D eigenvalue weighted by atomic mass is 9.79. The first-order chi connectivity index (χ1) is 15.7. The van der Waals surface area contributed by atoms with Crippen LogP contribution < -0.4 is 0 Å². The van der Waals surface area contributed by atoms with Gasteiger partial charge in [-0.15, -0.1) is 0 Å². The van der Waals surface area contributed by atoms with E-state index in [0.717, 1.165) is 52.8 Å². The molecule has 0 aliphatic heterocycles. The number of allylic oxidation sites excluding steroid dienone is 4. The van der Waals surface area contributed by atoms with E-state index in [0.29, 0.717) is 0 Å². The maximum absolute atomic E-state index is 14.6. The molecule has 0 atom stereocenters. The van der Waals surface area contributed by atoms with Crippen LogP contribution in [0.5, 0.6) is 0 Å². The van der Waals surface area contributed by atoms with E-state index in [-0.39, 0.29) is 5.82 Å². The molecule has 0 saturated carbocycles. The number of hydrogen-bond acceptors (Lipinski definition) is 1. The molecule has 0 unspecified atom stereocenters. The van der Waals surface area contributed by atoms with Crippen molar-refractivity contribution in [1.82, 2.24) is 0 Å². The first kappa shape index (κ1) is 20.4. The first-order valence-electron chi connectivity index (χ1n) is 11.2. The normalized spacial score (nSPS) is 14.6. The van der Waals surface area contributed by atoms with Crippen LogP contribution in [0.4, 0.5) is 4.39 Å². The van der Waals surface area contributed by atoms with Gasteiger partial charge in [-0.1, -0.05) is 78.4 Å². The minimum Gasteiger partial charge on any atom is -0.298 e. The summed E-state index contributed by atoms with van der Waals surface area (Å²) in [5.41, 5.74) is 6.82. The average molecular weight is 421 g/mol. The number of rotatable bonds is 1. The molecule has 1 nitrogen and oxygen atoms in total. The van der Waals surface area contributed by atoms with Crippen LogP contribution in [-0.4, -0.2) is 6.29 Å². The van der Waals surface area contributed by atoms with Crippen LogP contribution in [0, 0.1) is 12.7 Å². The molecule has 0 bridgehead atoms. The van der Waals surface area contributed by atoms with E-state index in [4.69, 9.17) is 0 Å². The second kappa shape index (κ2) is 8.55. The van der Waals surface area contributed by atoms with Gasteiger partial charge in [-0.3, -0.25) is 4.79 Å². The topological polar surface area (TPSA) is 17.1 Å². The molecule has 0 amide bonds. The predicted octanol–water partition coefficient (Wildman–Crippen LogP) is 7.99. The van der Waals surface area contributed by atoms with Gasteiger partial charge in [0.2, 0.25) is 0 Å². The molecule has 2 aliphatic carbocycles. The Balaban J connectivity index is 0.000000154. The highest BCUT2D eigenvalue weighted by atomic mass is 19.1. The van der Waals surface area contributed by atoms with Crippen LogP contribution >= 0.6 is 0 Å². The Labute approximate surface area is 187 Å². The molecule has 2 heteroatoms. The Morgan fingerprint density at radius 2 is 1.62 bits per heavy atom. The summed E-state index contributed by atoms with van der Waals surface area (Å²) in [4.78, 5) is 10.5. The van der Waals surface area contributed by atoms with E-state index in [1.54, 1.807) is 5.57 Å². The number of carbonyl (C=O) groups excluding carboxylic acids is 1. The lowest BCUT2D eigenvalue weighted by Crippen LogP contribution is -2.08. The Bertz CT molecular complexity index is 1410. The summed E-state index contributed by atoms with van der Waals surface area (Å²) in [6.45, 7) is 1.85. The van der Waals surface area contributed by atoms with Crippen molar-refractivity contribution in [3.05, 3.63) is 113 Å². The highest BCUT2D eigenvalue weighted by molar-refractivity contribution is 5.94. The highest BCUT2D eigenvalue weighted by Crippen LogP contribution is 2.40. The average Bonchev–Trinajstić information content (AvgIpc) is 2.85. The van der Waals surface area contributed by atoms with Gasteiger partial charge in [0.25, 0.3) is 0 Å². The quantitative estimate of drug-likeness (QED) is 0.285. The van der Waals surface area contributed by atoms with Crippen LogP contribution in [0.25, 0.3) is 27.1 Å². The molecule has 0 N–H and O–H groups in total. The van der Waals surface area contributed by atoms with Gasteiger partial charge in [-0.05, 0) is 77.1 Å². The molecule has 0 fully saturated rings. The van der Waals surface area contributed by atoms with Crippen LogP contribution in [-0.2, 0) is 6.42 Å². The Hall–Kier alpha value is -3.52. The van der Waals surface area contributed by atoms with Crippen LogP contribution in [0.1, 0.15) is 46.3 Å². The van der Waals surface area contributed by atoms with Crippen LogP contribution in [0.3, 0.4) is 0 Å². The third-order valence-corrected chi connectivity index (χ3v) is 6.58. The molecule has 32 heavy (non-hydrogen) atoms. The molecule has 6 rings (SSSR count). The van der Waals surface area contributed by atoms with E-state index >= 15 is 0 Å². The fourth-order valence-electron chi connectivity index (χ4n) is 4.87. The second-order valence-electron chi connectivity index (χ2n) is 8.57. The van der Waals surface area contributed by atoms with E-state index in [2.05, 4.69) is 24.3 Å². The van der Waals surface area contributed by atoms with E-state index in [1.165, 1.54) is 28.5 Å². The van der Waals surface area contributed by atoms with Gasteiger partial charge in [-0.2, -0.15) is 0 Å². The molecular formula is C30H25FO. The van der Waals surface area contributed by atoms with Crippen molar-refractivity contribution in [1.29, 1.82) is 0 Å². The van der Waals surface area contributed by atoms with Crippen molar-refractivity contribution in [2.45, 2.75) is 32.6 Å². The number of fused-ring (bicyclic) bond motifs is 5. The second-order valence-corrected chi connectivity index (χ2v) is 8.57. The zero-order chi connectivity index (χ0) is 22.1. The van der Waals surface area contributed by atoms with Crippen molar-refractivity contribution >= 4 is 33.4 Å². The molecular weight excluding hydrogens is 395 g/mol.